The molecule has 0 saturated heterocycles. The van der Waals surface area contributed by atoms with Crippen molar-refractivity contribution in [3.63, 3.8) is 0 Å². The molecule has 0 aromatic heterocycles. The first-order valence-corrected chi connectivity index (χ1v) is 8.80. The van der Waals surface area contributed by atoms with Gasteiger partial charge in [0.15, 0.2) is 0 Å². The van der Waals surface area contributed by atoms with Crippen molar-refractivity contribution in [2.24, 2.45) is 11.8 Å². The molecule has 112 valence electrons. The van der Waals surface area contributed by atoms with Crippen LogP contribution in [0, 0.1) is 25.7 Å². The van der Waals surface area contributed by atoms with Gasteiger partial charge >= 0.3 is 0 Å². The molecule has 0 amide bonds. The smallest absolute Gasteiger partial charge is 0.0579 e. The Balaban J connectivity index is 2.27. The molecule has 2 rings (SSSR count). The van der Waals surface area contributed by atoms with Crippen LogP contribution in [-0.2, 0) is 10.8 Å². The lowest BCUT2D eigenvalue weighted by atomic mass is 9.80. The number of benzene rings is 1. The summed E-state index contributed by atoms with van der Waals surface area (Å²) in [5.41, 5.74) is 2.50. The monoisotopic (exact) mass is 293 g/mol. The molecule has 1 N–H and O–H groups in total. The van der Waals surface area contributed by atoms with Crippen LogP contribution in [-0.4, -0.2) is 22.5 Å². The highest BCUT2D eigenvalue weighted by Crippen LogP contribution is 2.34. The third kappa shape index (κ3) is 3.15. The third-order valence-corrected chi connectivity index (χ3v) is 6.72. The van der Waals surface area contributed by atoms with Crippen LogP contribution >= 0.6 is 0 Å². The lowest BCUT2D eigenvalue weighted by Crippen LogP contribution is -2.48. The summed E-state index contributed by atoms with van der Waals surface area (Å²) in [6.45, 7) is 8.75. The lowest BCUT2D eigenvalue weighted by Gasteiger charge is -2.38. The minimum Gasteiger partial charge on any atom is -0.316 e. The average Bonchev–Trinajstić information content (AvgIpc) is 2.40. The van der Waals surface area contributed by atoms with Gasteiger partial charge in [-0.15, -0.1) is 0 Å². The van der Waals surface area contributed by atoms with Crippen LogP contribution in [0.2, 0.25) is 0 Å². The Morgan fingerprint density at radius 1 is 1.15 bits per heavy atom. The van der Waals surface area contributed by atoms with E-state index in [1.54, 1.807) is 0 Å². The fraction of sp³-hybridized carbons (Fsp3) is 0.647. The van der Waals surface area contributed by atoms with Crippen molar-refractivity contribution in [3.05, 3.63) is 29.3 Å². The quantitative estimate of drug-likeness (QED) is 0.925. The minimum atomic E-state index is -0.926. The summed E-state index contributed by atoms with van der Waals surface area (Å²) < 4.78 is 13.0. The molecule has 5 unspecified atom stereocenters. The van der Waals surface area contributed by atoms with Gasteiger partial charge in [-0.05, 0) is 68.8 Å². The molecule has 5 atom stereocenters. The van der Waals surface area contributed by atoms with E-state index in [0.717, 1.165) is 17.2 Å². The van der Waals surface area contributed by atoms with E-state index in [1.165, 1.54) is 17.5 Å². The fourth-order valence-electron chi connectivity index (χ4n) is 3.47. The highest BCUT2D eigenvalue weighted by molar-refractivity contribution is 7.85. The van der Waals surface area contributed by atoms with E-state index in [9.17, 15) is 4.21 Å². The van der Waals surface area contributed by atoms with Crippen molar-refractivity contribution in [1.82, 2.24) is 5.32 Å². The zero-order chi connectivity index (χ0) is 14.9. The predicted octanol–water partition coefficient (Wildman–Crippen LogP) is 3.43. The van der Waals surface area contributed by atoms with Gasteiger partial charge in [0, 0.05) is 10.9 Å². The van der Waals surface area contributed by atoms with Crippen molar-refractivity contribution >= 4 is 10.8 Å². The zero-order valence-corrected chi connectivity index (χ0v) is 14.1. The standard InChI is InChI=1S/C17H27NOS/c1-11-8-14(4)17(16(9-11)18-5)20(19)15-7-6-12(2)13(3)10-15/h6-7,10-11,14,16-18H,8-9H2,1-5H3. The Kier molecular flexibility index (Phi) is 5.03. The Labute approximate surface area is 125 Å². The van der Waals surface area contributed by atoms with Gasteiger partial charge in [0.25, 0.3) is 0 Å². The Morgan fingerprint density at radius 2 is 1.85 bits per heavy atom. The number of rotatable bonds is 3. The van der Waals surface area contributed by atoms with Crippen LogP contribution in [0.1, 0.15) is 37.8 Å². The van der Waals surface area contributed by atoms with E-state index in [1.807, 2.05) is 13.1 Å². The normalized spacial score (nSPS) is 32.0. The maximum Gasteiger partial charge on any atom is 0.0579 e. The summed E-state index contributed by atoms with van der Waals surface area (Å²) >= 11 is 0. The predicted molar refractivity (Wildman–Crippen MR) is 86.5 cm³/mol. The summed E-state index contributed by atoms with van der Waals surface area (Å²) in [6, 6.07) is 6.59. The second-order valence-electron chi connectivity index (χ2n) is 6.46. The third-order valence-electron chi connectivity index (χ3n) is 4.72. The number of hydrogen-bond donors (Lipinski definition) is 1. The molecule has 1 fully saturated rings. The van der Waals surface area contributed by atoms with Crippen LogP contribution < -0.4 is 5.32 Å². The van der Waals surface area contributed by atoms with E-state index >= 15 is 0 Å². The maximum absolute atomic E-state index is 13.0. The van der Waals surface area contributed by atoms with Crippen LogP contribution in [0.5, 0.6) is 0 Å². The van der Waals surface area contributed by atoms with E-state index in [-0.39, 0.29) is 5.25 Å². The molecule has 0 heterocycles. The van der Waals surface area contributed by atoms with E-state index < -0.39 is 10.8 Å². The molecule has 0 bridgehead atoms. The molecule has 1 aromatic rings. The SMILES string of the molecule is CNC1CC(C)CC(C)C1S(=O)c1ccc(C)c(C)c1. The molecule has 0 spiro atoms. The summed E-state index contributed by atoms with van der Waals surface area (Å²) in [4.78, 5) is 0.986. The van der Waals surface area contributed by atoms with Gasteiger partial charge in [0.1, 0.15) is 0 Å². The topological polar surface area (TPSA) is 29.1 Å². The van der Waals surface area contributed by atoms with Crippen molar-refractivity contribution in [1.29, 1.82) is 0 Å². The van der Waals surface area contributed by atoms with Crippen LogP contribution in [0.3, 0.4) is 0 Å². The molecule has 3 heteroatoms. The second-order valence-corrected chi connectivity index (χ2v) is 8.07. The van der Waals surface area contributed by atoms with Crippen molar-refractivity contribution in [2.45, 2.75) is 56.7 Å². The van der Waals surface area contributed by atoms with Crippen molar-refractivity contribution in [3.8, 4) is 0 Å². The molecule has 1 aromatic carbocycles. The van der Waals surface area contributed by atoms with Crippen molar-refractivity contribution < 1.29 is 4.21 Å². The number of nitrogens with one attached hydrogen (secondary N) is 1. The molecule has 1 aliphatic carbocycles. The van der Waals surface area contributed by atoms with E-state index in [4.69, 9.17) is 0 Å². The highest BCUT2D eigenvalue weighted by atomic mass is 32.2. The summed E-state index contributed by atoms with van der Waals surface area (Å²) in [5.74, 6) is 1.22. The van der Waals surface area contributed by atoms with Gasteiger partial charge in [0.05, 0.1) is 16.0 Å². The molecule has 20 heavy (non-hydrogen) atoms. The van der Waals surface area contributed by atoms with E-state index in [0.29, 0.717) is 12.0 Å². The maximum atomic E-state index is 13.0. The molecule has 1 aliphatic rings. The van der Waals surface area contributed by atoms with Gasteiger partial charge in [-0.1, -0.05) is 19.9 Å². The molecule has 0 aliphatic heterocycles. The largest absolute Gasteiger partial charge is 0.316 e. The van der Waals surface area contributed by atoms with Crippen LogP contribution in [0.4, 0.5) is 0 Å². The Morgan fingerprint density at radius 3 is 2.45 bits per heavy atom. The zero-order valence-electron chi connectivity index (χ0n) is 13.3. The summed E-state index contributed by atoms with van der Waals surface area (Å²) in [5, 5.41) is 3.62. The first-order chi connectivity index (χ1) is 9.43. The first-order valence-electron chi connectivity index (χ1n) is 7.59. The van der Waals surface area contributed by atoms with Gasteiger partial charge in [-0.2, -0.15) is 0 Å². The molecular formula is C17H27NOS. The van der Waals surface area contributed by atoms with Crippen molar-refractivity contribution in [2.75, 3.05) is 7.05 Å². The van der Waals surface area contributed by atoms with Gasteiger partial charge < -0.3 is 5.32 Å². The molecular weight excluding hydrogens is 266 g/mol. The minimum absolute atomic E-state index is 0.221. The average molecular weight is 293 g/mol. The van der Waals surface area contributed by atoms with Crippen LogP contribution in [0.15, 0.2) is 23.1 Å². The molecule has 2 nitrogen and oxygen atoms in total. The van der Waals surface area contributed by atoms with Gasteiger partial charge in [0.2, 0.25) is 0 Å². The lowest BCUT2D eigenvalue weighted by molar-refractivity contribution is 0.253. The van der Waals surface area contributed by atoms with E-state index in [2.05, 4.69) is 45.1 Å². The molecule has 1 saturated carbocycles. The summed E-state index contributed by atoms with van der Waals surface area (Å²) in [7, 11) is 1.07. The summed E-state index contributed by atoms with van der Waals surface area (Å²) in [6.07, 6.45) is 2.31. The van der Waals surface area contributed by atoms with Gasteiger partial charge in [-0.3, -0.25) is 4.21 Å². The van der Waals surface area contributed by atoms with Gasteiger partial charge in [-0.25, -0.2) is 0 Å². The Hall–Kier alpha value is -0.670. The Bertz CT molecular complexity index is 500. The number of aryl methyl sites for hydroxylation is 2. The highest BCUT2D eigenvalue weighted by Gasteiger charge is 2.37. The van der Waals surface area contributed by atoms with Crippen LogP contribution in [0.25, 0.3) is 0 Å². The fourth-order valence-corrected chi connectivity index (χ4v) is 5.36. The molecule has 0 radical (unpaired) electrons. The second kappa shape index (κ2) is 6.40. The number of hydrogen-bond acceptors (Lipinski definition) is 2. The first kappa shape index (κ1) is 15.7.